The molecule has 2 rings (SSSR count). The van der Waals surface area contributed by atoms with E-state index in [0.717, 1.165) is 11.1 Å². The zero-order valence-corrected chi connectivity index (χ0v) is 13.7. The minimum absolute atomic E-state index is 0.213. The lowest BCUT2D eigenvalue weighted by Gasteiger charge is -2.07. The van der Waals surface area contributed by atoms with Gasteiger partial charge in [-0.2, -0.15) is 0 Å². The number of rotatable bonds is 5. The van der Waals surface area contributed by atoms with E-state index in [-0.39, 0.29) is 12.5 Å². The van der Waals surface area contributed by atoms with Gasteiger partial charge < -0.3 is 14.8 Å². The molecule has 4 heteroatoms. The molecule has 2 aromatic rings. The molecule has 0 aliphatic rings. The number of nitrogens with one attached hydrogen (secondary N) is 1. The molecular weight excluding hydrogens is 302 g/mol. The molecule has 0 atom stereocenters. The highest BCUT2D eigenvalue weighted by Gasteiger charge is 2.02. The van der Waals surface area contributed by atoms with Gasteiger partial charge in [0.2, 0.25) is 5.91 Å². The largest absolute Gasteiger partial charge is 0.497 e. The zero-order chi connectivity index (χ0) is 17.2. The van der Waals surface area contributed by atoms with Crippen molar-refractivity contribution in [3.63, 3.8) is 0 Å². The third-order valence-corrected chi connectivity index (χ3v) is 3.21. The smallest absolute Gasteiger partial charge is 0.244 e. The summed E-state index contributed by atoms with van der Waals surface area (Å²) in [4.78, 5) is 11.8. The summed E-state index contributed by atoms with van der Waals surface area (Å²) >= 11 is 0. The second-order valence-corrected chi connectivity index (χ2v) is 4.83. The Labute approximate surface area is 142 Å². The molecule has 0 aliphatic carbocycles. The number of methoxy groups -OCH3 is 2. The molecule has 0 saturated carbocycles. The van der Waals surface area contributed by atoms with Crippen LogP contribution in [0.4, 0.5) is 0 Å². The van der Waals surface area contributed by atoms with Crippen molar-refractivity contribution >= 4 is 12.0 Å². The van der Waals surface area contributed by atoms with Crippen molar-refractivity contribution in [1.82, 2.24) is 5.32 Å². The zero-order valence-electron chi connectivity index (χ0n) is 13.7. The molecule has 0 saturated heterocycles. The van der Waals surface area contributed by atoms with Gasteiger partial charge in [-0.3, -0.25) is 4.79 Å². The van der Waals surface area contributed by atoms with E-state index in [1.54, 1.807) is 26.4 Å². The molecule has 0 radical (unpaired) electrons. The van der Waals surface area contributed by atoms with Gasteiger partial charge >= 0.3 is 0 Å². The van der Waals surface area contributed by atoms with Crippen molar-refractivity contribution in [2.45, 2.75) is 0 Å². The molecule has 0 bridgehead atoms. The SMILES string of the molecule is COc1ccc(/C=C/C(=O)NCC#Cc2ccccc2)c(OC)c1. The Morgan fingerprint density at radius 1 is 1.12 bits per heavy atom. The van der Waals surface area contributed by atoms with Crippen LogP contribution in [-0.2, 0) is 4.79 Å². The number of amides is 1. The van der Waals surface area contributed by atoms with Crippen LogP contribution >= 0.6 is 0 Å². The summed E-state index contributed by atoms with van der Waals surface area (Å²) in [6.45, 7) is 0.289. The first kappa shape index (κ1) is 17.2. The van der Waals surface area contributed by atoms with E-state index in [0.29, 0.717) is 11.5 Å². The highest BCUT2D eigenvalue weighted by atomic mass is 16.5. The van der Waals surface area contributed by atoms with E-state index >= 15 is 0 Å². The number of carbonyl (C=O) groups is 1. The summed E-state index contributed by atoms with van der Waals surface area (Å²) in [5, 5.41) is 2.72. The Bertz CT molecular complexity index is 770. The van der Waals surface area contributed by atoms with E-state index in [1.165, 1.54) is 6.08 Å². The molecule has 0 spiro atoms. The Kier molecular flexibility index (Phi) is 6.48. The van der Waals surface area contributed by atoms with Crippen LogP contribution in [0.3, 0.4) is 0 Å². The van der Waals surface area contributed by atoms with Crippen molar-refractivity contribution < 1.29 is 14.3 Å². The van der Waals surface area contributed by atoms with Crippen molar-refractivity contribution in [1.29, 1.82) is 0 Å². The molecule has 24 heavy (non-hydrogen) atoms. The van der Waals surface area contributed by atoms with Gasteiger partial charge in [0.1, 0.15) is 11.5 Å². The van der Waals surface area contributed by atoms with E-state index in [9.17, 15) is 4.79 Å². The molecule has 0 aromatic heterocycles. The number of ether oxygens (including phenoxy) is 2. The Morgan fingerprint density at radius 3 is 2.62 bits per heavy atom. The molecule has 1 amide bonds. The van der Waals surface area contributed by atoms with E-state index in [4.69, 9.17) is 9.47 Å². The Morgan fingerprint density at radius 2 is 1.92 bits per heavy atom. The molecule has 0 aliphatic heterocycles. The van der Waals surface area contributed by atoms with Crippen LogP contribution < -0.4 is 14.8 Å². The minimum Gasteiger partial charge on any atom is -0.497 e. The predicted octanol–water partition coefficient (Wildman–Crippen LogP) is 2.88. The maximum atomic E-state index is 11.8. The van der Waals surface area contributed by atoms with Crippen molar-refractivity contribution in [3.8, 4) is 23.3 Å². The number of hydrogen-bond acceptors (Lipinski definition) is 3. The topological polar surface area (TPSA) is 47.6 Å². The van der Waals surface area contributed by atoms with E-state index in [1.807, 2.05) is 42.5 Å². The lowest BCUT2D eigenvalue weighted by atomic mass is 10.1. The second-order valence-electron chi connectivity index (χ2n) is 4.83. The average Bonchev–Trinajstić information content (AvgIpc) is 2.64. The summed E-state index contributed by atoms with van der Waals surface area (Å²) in [6.07, 6.45) is 3.15. The summed E-state index contributed by atoms with van der Waals surface area (Å²) in [6, 6.07) is 15.0. The fraction of sp³-hybridized carbons (Fsp3) is 0.150. The first-order valence-electron chi connectivity index (χ1n) is 7.45. The van der Waals surface area contributed by atoms with Crippen LogP contribution in [-0.4, -0.2) is 26.7 Å². The summed E-state index contributed by atoms with van der Waals surface area (Å²) in [7, 11) is 3.17. The summed E-state index contributed by atoms with van der Waals surface area (Å²) in [5.41, 5.74) is 1.72. The molecule has 0 heterocycles. The van der Waals surface area contributed by atoms with Crippen LogP contribution in [0.1, 0.15) is 11.1 Å². The third kappa shape index (κ3) is 5.22. The third-order valence-electron chi connectivity index (χ3n) is 3.21. The van der Waals surface area contributed by atoms with Gasteiger partial charge in [0.25, 0.3) is 0 Å². The maximum absolute atomic E-state index is 11.8. The fourth-order valence-corrected chi connectivity index (χ4v) is 1.98. The van der Waals surface area contributed by atoms with Gasteiger partial charge in [0.05, 0.1) is 20.8 Å². The van der Waals surface area contributed by atoms with Crippen LogP contribution in [0.15, 0.2) is 54.6 Å². The van der Waals surface area contributed by atoms with Crippen LogP contribution in [0.5, 0.6) is 11.5 Å². The van der Waals surface area contributed by atoms with Crippen molar-refractivity contribution in [2.75, 3.05) is 20.8 Å². The average molecular weight is 321 g/mol. The standard InChI is InChI=1S/C20H19NO3/c1-23-18-12-10-17(19(15-18)24-2)11-13-20(22)21-14-6-9-16-7-4-3-5-8-16/h3-5,7-8,10-13,15H,14H2,1-2H3,(H,21,22)/b13-11+. The fourth-order valence-electron chi connectivity index (χ4n) is 1.98. The maximum Gasteiger partial charge on any atom is 0.244 e. The molecule has 122 valence electrons. The lowest BCUT2D eigenvalue weighted by Crippen LogP contribution is -2.20. The molecule has 1 N–H and O–H groups in total. The quantitative estimate of drug-likeness (QED) is 0.680. The van der Waals surface area contributed by atoms with Gasteiger partial charge in [-0.1, -0.05) is 30.0 Å². The van der Waals surface area contributed by atoms with Gasteiger partial charge in [-0.15, -0.1) is 0 Å². The Balaban J connectivity index is 1.90. The van der Waals surface area contributed by atoms with Crippen molar-refractivity contribution in [3.05, 3.63) is 65.7 Å². The van der Waals surface area contributed by atoms with E-state index < -0.39 is 0 Å². The first-order valence-corrected chi connectivity index (χ1v) is 7.45. The monoisotopic (exact) mass is 321 g/mol. The van der Waals surface area contributed by atoms with Gasteiger partial charge in [-0.05, 0) is 30.3 Å². The van der Waals surface area contributed by atoms with Gasteiger partial charge in [0.15, 0.2) is 0 Å². The Hall–Kier alpha value is -3.19. The lowest BCUT2D eigenvalue weighted by molar-refractivity contribution is -0.116. The number of hydrogen-bond donors (Lipinski definition) is 1. The molecular formula is C20H19NO3. The summed E-state index contributed by atoms with van der Waals surface area (Å²) in [5.74, 6) is 7.02. The second kappa shape index (κ2) is 9.06. The van der Waals surface area contributed by atoms with Crippen LogP contribution in [0, 0.1) is 11.8 Å². The molecule has 0 fully saturated rings. The van der Waals surface area contributed by atoms with Gasteiger partial charge in [0, 0.05) is 23.3 Å². The van der Waals surface area contributed by atoms with Crippen LogP contribution in [0.25, 0.3) is 6.08 Å². The first-order chi connectivity index (χ1) is 11.7. The summed E-state index contributed by atoms with van der Waals surface area (Å²) < 4.78 is 10.4. The van der Waals surface area contributed by atoms with Crippen molar-refractivity contribution in [2.24, 2.45) is 0 Å². The highest BCUT2D eigenvalue weighted by molar-refractivity contribution is 5.92. The highest BCUT2D eigenvalue weighted by Crippen LogP contribution is 2.25. The number of benzene rings is 2. The van der Waals surface area contributed by atoms with Crippen LogP contribution in [0.2, 0.25) is 0 Å². The molecule has 0 unspecified atom stereocenters. The normalized spacial score (nSPS) is 9.92. The molecule has 2 aromatic carbocycles. The van der Waals surface area contributed by atoms with Gasteiger partial charge in [-0.25, -0.2) is 0 Å². The minimum atomic E-state index is -0.213. The van der Waals surface area contributed by atoms with E-state index in [2.05, 4.69) is 17.2 Å². The predicted molar refractivity (Wildman–Crippen MR) is 94.9 cm³/mol. The molecule has 4 nitrogen and oxygen atoms in total. The number of carbonyl (C=O) groups excluding carboxylic acids is 1.